The maximum Gasteiger partial charge on any atom is 0.336 e. The molecule has 0 atom stereocenters. The monoisotopic (exact) mass is 321 g/mol. The Balaban J connectivity index is 3.85. The summed E-state index contributed by atoms with van der Waals surface area (Å²) in [6.45, 7) is 3.26. The van der Waals surface area contributed by atoms with Gasteiger partial charge in [0.1, 0.15) is 0 Å². The van der Waals surface area contributed by atoms with Crippen LogP contribution in [-0.4, -0.2) is 19.5 Å². The Morgan fingerprint density at radius 3 is 2.41 bits per heavy atom. The van der Waals surface area contributed by atoms with E-state index in [-0.39, 0.29) is 22.4 Å². The number of carboxylic acids is 1. The maximum absolute atomic E-state index is 11.5. The van der Waals surface area contributed by atoms with Crippen molar-refractivity contribution in [1.82, 2.24) is 0 Å². The molecule has 0 spiro atoms. The van der Waals surface area contributed by atoms with Crippen molar-refractivity contribution >= 4 is 31.9 Å². The van der Waals surface area contributed by atoms with Crippen LogP contribution in [0.25, 0.3) is 0 Å². The topological polar surface area (TPSA) is 97.5 Å². The maximum atomic E-state index is 11.5. The van der Waals surface area contributed by atoms with Gasteiger partial charge in [-0.3, -0.25) is 0 Å². The molecular formula is C10H12BrNO4S. The lowest BCUT2D eigenvalue weighted by Gasteiger charge is -2.14. The van der Waals surface area contributed by atoms with Gasteiger partial charge in [0.25, 0.3) is 0 Å². The van der Waals surface area contributed by atoms with Gasteiger partial charge in [0.15, 0.2) is 0 Å². The van der Waals surface area contributed by atoms with Crippen LogP contribution in [0.3, 0.4) is 0 Å². The number of halogens is 1. The number of carbonyl (C=O) groups is 1. The molecule has 17 heavy (non-hydrogen) atoms. The summed E-state index contributed by atoms with van der Waals surface area (Å²) in [5.41, 5.74) is 0.615. The van der Waals surface area contributed by atoms with Gasteiger partial charge in [0.2, 0.25) is 10.0 Å². The third-order valence-electron chi connectivity index (χ3n) is 2.44. The number of carboxylic acid groups (broad SMARTS) is 1. The van der Waals surface area contributed by atoms with Gasteiger partial charge in [0, 0.05) is 4.47 Å². The van der Waals surface area contributed by atoms with Gasteiger partial charge >= 0.3 is 5.97 Å². The van der Waals surface area contributed by atoms with Crippen molar-refractivity contribution in [2.24, 2.45) is 5.14 Å². The fourth-order valence-corrected chi connectivity index (χ4v) is 3.40. The zero-order valence-electron chi connectivity index (χ0n) is 9.32. The van der Waals surface area contributed by atoms with Crippen LogP contribution < -0.4 is 5.14 Å². The Bertz CT molecular complexity index is 580. The average molecular weight is 322 g/mol. The molecule has 0 amide bonds. The Hall–Kier alpha value is -0.920. The lowest BCUT2D eigenvalue weighted by atomic mass is 10.0. The summed E-state index contributed by atoms with van der Waals surface area (Å²) in [4.78, 5) is 11.0. The van der Waals surface area contributed by atoms with Crippen molar-refractivity contribution < 1.29 is 18.3 Å². The highest BCUT2D eigenvalue weighted by Crippen LogP contribution is 2.30. The van der Waals surface area contributed by atoms with Crippen molar-refractivity contribution in [3.8, 4) is 0 Å². The summed E-state index contributed by atoms with van der Waals surface area (Å²) in [6, 6.07) is 1.39. The van der Waals surface area contributed by atoms with Crippen LogP contribution in [0.15, 0.2) is 15.4 Å². The molecule has 0 unspecified atom stereocenters. The lowest BCUT2D eigenvalue weighted by molar-refractivity contribution is 0.0695. The van der Waals surface area contributed by atoms with E-state index in [0.717, 1.165) is 0 Å². The number of sulfonamides is 1. The fourth-order valence-electron chi connectivity index (χ4n) is 1.71. The predicted molar refractivity (Wildman–Crippen MR) is 66.6 cm³/mol. The van der Waals surface area contributed by atoms with E-state index in [1.807, 2.05) is 0 Å². The van der Waals surface area contributed by atoms with Gasteiger partial charge in [-0.25, -0.2) is 18.4 Å². The third kappa shape index (κ3) is 2.67. The standard InChI is InChI=1S/C10H12BrNO4S/c1-3-6-7(10(13)14)4-8(11)5(2)9(6)17(12,15)16/h4H,3H2,1-2H3,(H,13,14)(H2,12,15,16). The average Bonchev–Trinajstić information content (AvgIpc) is 2.18. The number of hydrogen-bond donors (Lipinski definition) is 2. The molecule has 0 heterocycles. The second-order valence-electron chi connectivity index (χ2n) is 3.54. The van der Waals surface area contributed by atoms with Crippen LogP contribution in [0.5, 0.6) is 0 Å². The molecule has 1 rings (SSSR count). The molecular weight excluding hydrogens is 310 g/mol. The predicted octanol–water partition coefficient (Wildman–Crippen LogP) is 1.67. The highest BCUT2D eigenvalue weighted by molar-refractivity contribution is 9.10. The summed E-state index contributed by atoms with van der Waals surface area (Å²) in [7, 11) is -3.95. The van der Waals surface area contributed by atoms with Crippen molar-refractivity contribution in [1.29, 1.82) is 0 Å². The number of hydrogen-bond acceptors (Lipinski definition) is 3. The van der Waals surface area contributed by atoms with Crippen molar-refractivity contribution in [3.05, 3.63) is 27.2 Å². The van der Waals surface area contributed by atoms with E-state index in [9.17, 15) is 13.2 Å². The highest BCUT2D eigenvalue weighted by Gasteiger charge is 2.23. The Morgan fingerprint density at radius 2 is 2.06 bits per heavy atom. The molecule has 0 bridgehead atoms. The number of nitrogens with two attached hydrogens (primary N) is 1. The second kappa shape index (κ2) is 4.75. The quantitative estimate of drug-likeness (QED) is 0.884. The first-order chi connectivity index (χ1) is 7.70. The minimum Gasteiger partial charge on any atom is -0.478 e. The van der Waals surface area contributed by atoms with Gasteiger partial charge in [-0.15, -0.1) is 0 Å². The molecule has 0 aliphatic carbocycles. The first kappa shape index (κ1) is 14.1. The Morgan fingerprint density at radius 1 is 1.53 bits per heavy atom. The Kier molecular flexibility index (Phi) is 3.95. The van der Waals surface area contributed by atoms with E-state index >= 15 is 0 Å². The molecule has 0 saturated heterocycles. The number of rotatable bonds is 3. The molecule has 3 N–H and O–H groups in total. The normalized spacial score (nSPS) is 11.5. The summed E-state index contributed by atoms with van der Waals surface area (Å²) in [5.74, 6) is -1.17. The largest absolute Gasteiger partial charge is 0.478 e. The first-order valence-corrected chi connectivity index (χ1v) is 7.12. The molecule has 5 nitrogen and oxygen atoms in total. The lowest BCUT2D eigenvalue weighted by Crippen LogP contribution is -2.19. The molecule has 0 saturated carbocycles. The van der Waals surface area contributed by atoms with E-state index in [1.54, 1.807) is 13.8 Å². The van der Waals surface area contributed by atoms with Crippen molar-refractivity contribution in [2.75, 3.05) is 0 Å². The number of benzene rings is 1. The second-order valence-corrected chi connectivity index (χ2v) is 5.89. The minimum absolute atomic E-state index is 0.0472. The molecule has 0 radical (unpaired) electrons. The van der Waals surface area contributed by atoms with Crippen LogP contribution >= 0.6 is 15.9 Å². The molecule has 0 aliphatic heterocycles. The van der Waals surface area contributed by atoms with Gasteiger partial charge in [0.05, 0.1) is 10.5 Å². The van der Waals surface area contributed by atoms with Gasteiger partial charge in [-0.1, -0.05) is 22.9 Å². The van der Waals surface area contributed by atoms with E-state index in [4.69, 9.17) is 10.2 Å². The number of aromatic carboxylic acids is 1. The molecule has 0 aromatic heterocycles. The van der Waals surface area contributed by atoms with Crippen LogP contribution in [0.2, 0.25) is 0 Å². The van der Waals surface area contributed by atoms with Gasteiger partial charge < -0.3 is 5.11 Å². The van der Waals surface area contributed by atoms with Crippen LogP contribution in [0.4, 0.5) is 0 Å². The summed E-state index contributed by atoms with van der Waals surface area (Å²) in [6.07, 6.45) is 0.279. The molecule has 7 heteroatoms. The third-order valence-corrected chi connectivity index (χ3v) is 4.38. The SMILES string of the molecule is CCc1c(C(=O)O)cc(Br)c(C)c1S(N)(=O)=O. The van der Waals surface area contributed by atoms with Gasteiger partial charge in [-0.2, -0.15) is 0 Å². The first-order valence-electron chi connectivity index (χ1n) is 4.78. The van der Waals surface area contributed by atoms with E-state index in [0.29, 0.717) is 10.0 Å². The summed E-state index contributed by atoms with van der Waals surface area (Å²) in [5, 5.41) is 14.2. The summed E-state index contributed by atoms with van der Waals surface area (Å²) >= 11 is 3.14. The van der Waals surface area contributed by atoms with Crippen molar-refractivity contribution in [3.63, 3.8) is 0 Å². The van der Waals surface area contributed by atoms with Crippen LogP contribution in [-0.2, 0) is 16.4 Å². The highest BCUT2D eigenvalue weighted by atomic mass is 79.9. The van der Waals surface area contributed by atoms with Crippen molar-refractivity contribution in [2.45, 2.75) is 25.2 Å². The molecule has 1 aromatic rings. The summed E-state index contributed by atoms with van der Waals surface area (Å²) < 4.78 is 23.5. The molecule has 0 aliphatic rings. The van der Waals surface area contributed by atoms with E-state index in [2.05, 4.69) is 15.9 Å². The fraction of sp³-hybridized carbons (Fsp3) is 0.300. The molecule has 0 fully saturated rings. The van der Waals surface area contributed by atoms with Crippen LogP contribution in [0, 0.1) is 6.92 Å². The van der Waals surface area contributed by atoms with Crippen LogP contribution in [0.1, 0.15) is 28.4 Å². The Labute approximate surface area is 108 Å². The van der Waals surface area contributed by atoms with E-state index < -0.39 is 16.0 Å². The number of primary sulfonamides is 1. The zero-order valence-corrected chi connectivity index (χ0v) is 11.7. The van der Waals surface area contributed by atoms with E-state index in [1.165, 1.54) is 6.07 Å². The smallest absolute Gasteiger partial charge is 0.336 e. The minimum atomic E-state index is -3.95. The van der Waals surface area contributed by atoms with Gasteiger partial charge in [-0.05, 0) is 30.5 Å². The zero-order chi connectivity index (χ0) is 13.4. The molecule has 94 valence electrons. The molecule has 1 aromatic carbocycles.